The molecule has 4 rings (SSSR count). The number of rotatable bonds is 4. The number of aromatic nitrogens is 4. The number of benzene rings is 2. The molecule has 0 fully saturated rings. The quantitative estimate of drug-likeness (QED) is 0.590. The fourth-order valence-corrected chi connectivity index (χ4v) is 2.81. The zero-order valence-electron chi connectivity index (χ0n) is 13.6. The van der Waals surface area contributed by atoms with Crippen molar-refractivity contribution in [1.29, 1.82) is 0 Å². The van der Waals surface area contributed by atoms with Gasteiger partial charge in [0.15, 0.2) is 5.82 Å². The zero-order valence-corrected chi connectivity index (χ0v) is 13.6. The number of hydrogen-bond acceptors (Lipinski definition) is 5. The van der Waals surface area contributed by atoms with Crippen LogP contribution in [-0.2, 0) is 6.42 Å². The minimum absolute atomic E-state index is 0.135. The van der Waals surface area contributed by atoms with E-state index in [9.17, 15) is 9.59 Å². The third-order valence-electron chi connectivity index (χ3n) is 4.07. The summed E-state index contributed by atoms with van der Waals surface area (Å²) in [7, 11) is 0. The predicted octanol–water partition coefficient (Wildman–Crippen LogP) is 2.37. The van der Waals surface area contributed by atoms with Crippen LogP contribution in [0.4, 0.5) is 0 Å². The van der Waals surface area contributed by atoms with Gasteiger partial charge in [-0.25, -0.2) is 9.78 Å². The molecule has 0 amide bonds. The maximum absolute atomic E-state index is 11.8. The van der Waals surface area contributed by atoms with Gasteiger partial charge in [-0.3, -0.25) is 14.3 Å². The molecule has 0 aliphatic carbocycles. The van der Waals surface area contributed by atoms with E-state index >= 15 is 0 Å². The van der Waals surface area contributed by atoms with Crippen LogP contribution in [0.1, 0.15) is 11.1 Å². The van der Waals surface area contributed by atoms with E-state index in [1.54, 1.807) is 6.20 Å². The number of hydrogen-bond donors (Lipinski definition) is 2. The van der Waals surface area contributed by atoms with E-state index in [1.165, 1.54) is 6.33 Å². The first-order chi connectivity index (χ1) is 12.7. The fourth-order valence-electron chi connectivity index (χ4n) is 2.81. The third kappa shape index (κ3) is 3.10. The number of H-pyrrole nitrogens is 2. The summed E-state index contributed by atoms with van der Waals surface area (Å²) in [6.07, 6.45) is 3.45. The molecule has 0 aliphatic heterocycles. The maximum atomic E-state index is 11.8. The lowest BCUT2D eigenvalue weighted by Crippen LogP contribution is -2.12. The maximum Gasteiger partial charge on any atom is 0.439 e. The molecule has 26 heavy (non-hydrogen) atoms. The van der Waals surface area contributed by atoms with Crippen molar-refractivity contribution in [3.8, 4) is 22.5 Å². The molecule has 7 nitrogen and oxygen atoms in total. The predicted molar refractivity (Wildman–Crippen MR) is 95.7 cm³/mol. The van der Waals surface area contributed by atoms with E-state index in [1.807, 2.05) is 48.5 Å². The summed E-state index contributed by atoms with van der Waals surface area (Å²) in [5.41, 5.74) is 4.13. The van der Waals surface area contributed by atoms with Gasteiger partial charge in [-0.2, -0.15) is 0 Å². The van der Waals surface area contributed by atoms with E-state index in [-0.39, 0.29) is 5.56 Å². The second-order valence-electron chi connectivity index (χ2n) is 5.77. The van der Waals surface area contributed by atoms with E-state index in [4.69, 9.17) is 0 Å². The van der Waals surface area contributed by atoms with Crippen molar-refractivity contribution in [1.82, 2.24) is 20.1 Å². The molecular formula is C19H14N4O3. The largest absolute Gasteiger partial charge is 0.439 e. The molecule has 0 aliphatic rings. The van der Waals surface area contributed by atoms with Crippen LogP contribution in [0.15, 0.2) is 75.2 Å². The molecule has 2 aromatic heterocycles. The Balaban J connectivity index is 1.67. The van der Waals surface area contributed by atoms with Gasteiger partial charge >= 0.3 is 5.76 Å². The van der Waals surface area contributed by atoms with Crippen molar-refractivity contribution in [3.05, 3.63) is 93.1 Å². The fraction of sp³-hybridized carbons (Fsp3) is 0.0526. The van der Waals surface area contributed by atoms with Gasteiger partial charge in [-0.1, -0.05) is 53.7 Å². The van der Waals surface area contributed by atoms with Crippen molar-refractivity contribution < 1.29 is 4.52 Å². The zero-order chi connectivity index (χ0) is 17.9. The Kier molecular flexibility index (Phi) is 4.03. The van der Waals surface area contributed by atoms with Gasteiger partial charge in [-0.05, 0) is 16.7 Å². The van der Waals surface area contributed by atoms with Crippen LogP contribution in [-0.4, -0.2) is 20.1 Å². The van der Waals surface area contributed by atoms with Crippen LogP contribution in [0, 0.1) is 0 Å². The van der Waals surface area contributed by atoms with Gasteiger partial charge in [0.25, 0.3) is 5.56 Å². The summed E-state index contributed by atoms with van der Waals surface area (Å²) in [6, 6.07) is 15.5. The highest BCUT2D eigenvalue weighted by molar-refractivity contribution is 5.80. The molecule has 2 aromatic carbocycles. The second kappa shape index (κ2) is 6.64. The SMILES string of the molecule is O=c1[nH]c(-c2ccccc2-c2ccc(Cc3cnc[nH]c3=O)cc2)no1. The average Bonchev–Trinajstić information content (AvgIpc) is 3.11. The topological polar surface area (TPSA) is 105 Å². The van der Waals surface area contributed by atoms with Crippen molar-refractivity contribution in [2.75, 3.05) is 0 Å². The van der Waals surface area contributed by atoms with Crippen molar-refractivity contribution >= 4 is 0 Å². The van der Waals surface area contributed by atoms with E-state index in [0.29, 0.717) is 17.8 Å². The van der Waals surface area contributed by atoms with Crippen LogP contribution in [0.3, 0.4) is 0 Å². The molecular weight excluding hydrogens is 332 g/mol. The lowest BCUT2D eigenvalue weighted by atomic mass is 9.97. The summed E-state index contributed by atoms with van der Waals surface area (Å²) in [5, 5.41) is 3.77. The van der Waals surface area contributed by atoms with Gasteiger partial charge in [0.2, 0.25) is 0 Å². The Hall–Kier alpha value is -3.74. The molecule has 2 N–H and O–H groups in total. The van der Waals surface area contributed by atoms with Crippen LogP contribution in [0.5, 0.6) is 0 Å². The smallest absolute Gasteiger partial charge is 0.313 e. The summed E-state index contributed by atoms with van der Waals surface area (Å²) in [6.45, 7) is 0. The standard InChI is InChI=1S/C19H14N4O3/c24-18-14(10-20-11-21-18)9-12-5-7-13(8-6-12)15-3-1-2-4-16(15)17-22-19(25)26-23-17/h1-8,10-11H,9H2,(H,20,21,24)(H,22,23,25). The molecule has 0 spiro atoms. The molecule has 0 bridgehead atoms. The minimum atomic E-state index is -0.591. The van der Waals surface area contributed by atoms with Gasteiger partial charge in [0.05, 0.1) is 6.33 Å². The van der Waals surface area contributed by atoms with Crippen LogP contribution in [0.2, 0.25) is 0 Å². The van der Waals surface area contributed by atoms with Crippen LogP contribution in [0.25, 0.3) is 22.5 Å². The van der Waals surface area contributed by atoms with Crippen molar-refractivity contribution in [2.24, 2.45) is 0 Å². The Labute approximate surface area is 147 Å². The molecule has 0 atom stereocenters. The lowest BCUT2D eigenvalue weighted by Gasteiger charge is -2.08. The van der Waals surface area contributed by atoms with Crippen molar-refractivity contribution in [3.63, 3.8) is 0 Å². The van der Waals surface area contributed by atoms with E-state index < -0.39 is 5.76 Å². The average molecular weight is 346 g/mol. The lowest BCUT2D eigenvalue weighted by molar-refractivity contribution is 0.388. The molecule has 0 unspecified atom stereocenters. The summed E-state index contributed by atoms with van der Waals surface area (Å²) in [4.78, 5) is 32.1. The number of aromatic amines is 2. The molecule has 0 saturated heterocycles. The third-order valence-corrected chi connectivity index (χ3v) is 4.07. The monoisotopic (exact) mass is 346 g/mol. The Morgan fingerprint density at radius 3 is 2.42 bits per heavy atom. The number of nitrogens with one attached hydrogen (secondary N) is 2. The van der Waals surface area contributed by atoms with Gasteiger partial charge < -0.3 is 4.98 Å². The van der Waals surface area contributed by atoms with Gasteiger partial charge in [0.1, 0.15) is 0 Å². The van der Waals surface area contributed by atoms with Gasteiger partial charge in [-0.15, -0.1) is 0 Å². The Bertz CT molecular complexity index is 1160. The van der Waals surface area contributed by atoms with Crippen LogP contribution >= 0.6 is 0 Å². The second-order valence-corrected chi connectivity index (χ2v) is 5.77. The normalized spacial score (nSPS) is 10.8. The molecule has 0 saturated carbocycles. The highest BCUT2D eigenvalue weighted by Crippen LogP contribution is 2.29. The molecule has 128 valence electrons. The molecule has 0 radical (unpaired) electrons. The van der Waals surface area contributed by atoms with Gasteiger partial charge in [0, 0.05) is 23.7 Å². The summed E-state index contributed by atoms with van der Waals surface area (Å²) < 4.78 is 4.61. The minimum Gasteiger partial charge on any atom is -0.313 e. The van der Waals surface area contributed by atoms with Crippen LogP contribution < -0.4 is 11.3 Å². The van der Waals surface area contributed by atoms with Crippen molar-refractivity contribution in [2.45, 2.75) is 6.42 Å². The summed E-state index contributed by atoms with van der Waals surface area (Å²) in [5.74, 6) is -0.205. The first kappa shape index (κ1) is 15.8. The van der Waals surface area contributed by atoms with E-state index in [0.717, 1.165) is 22.3 Å². The molecule has 2 heterocycles. The first-order valence-corrected chi connectivity index (χ1v) is 7.97. The molecule has 7 heteroatoms. The highest BCUT2D eigenvalue weighted by Gasteiger charge is 2.11. The first-order valence-electron chi connectivity index (χ1n) is 7.97. The Morgan fingerprint density at radius 1 is 0.962 bits per heavy atom. The highest BCUT2D eigenvalue weighted by atomic mass is 16.5. The summed E-state index contributed by atoms with van der Waals surface area (Å²) >= 11 is 0. The molecule has 4 aromatic rings. The van der Waals surface area contributed by atoms with E-state index in [2.05, 4.69) is 24.6 Å². The number of nitrogens with zero attached hydrogens (tertiary/aromatic N) is 2. The Morgan fingerprint density at radius 2 is 1.73 bits per heavy atom.